The number of aromatic nitrogens is 2. The fourth-order valence-corrected chi connectivity index (χ4v) is 3.67. The number of unbranched alkanes of at least 4 members (excludes halogenated alkanes) is 1. The van der Waals surface area contributed by atoms with E-state index in [-0.39, 0.29) is 5.91 Å². The fraction of sp³-hybridized carbons (Fsp3) is 0.417. The van der Waals surface area contributed by atoms with E-state index in [0.29, 0.717) is 19.6 Å². The summed E-state index contributed by atoms with van der Waals surface area (Å²) < 4.78 is 8.20. The van der Waals surface area contributed by atoms with Crippen molar-refractivity contribution in [3.63, 3.8) is 0 Å². The SMILES string of the molecule is CCC(=O)NCCc1nc2ccccc2n1CCCCOc1cc(C)c(Cl)c(C)c1. The number of aryl methyl sites for hydroxylation is 3. The summed E-state index contributed by atoms with van der Waals surface area (Å²) >= 11 is 6.23. The Kier molecular flexibility index (Phi) is 7.75. The number of para-hydroxylation sites is 2. The van der Waals surface area contributed by atoms with Gasteiger partial charge in [0.05, 0.1) is 17.6 Å². The van der Waals surface area contributed by atoms with E-state index in [4.69, 9.17) is 21.3 Å². The third-order valence-corrected chi connectivity index (χ3v) is 5.78. The molecule has 1 N–H and O–H groups in total. The number of benzene rings is 2. The summed E-state index contributed by atoms with van der Waals surface area (Å²) in [5, 5.41) is 3.74. The first-order chi connectivity index (χ1) is 14.5. The molecule has 1 heterocycles. The molecular weight excluding hydrogens is 398 g/mol. The van der Waals surface area contributed by atoms with Crippen molar-refractivity contribution in [3.05, 3.63) is 58.4 Å². The highest BCUT2D eigenvalue weighted by Gasteiger charge is 2.11. The molecule has 0 aliphatic carbocycles. The molecule has 0 spiro atoms. The maximum atomic E-state index is 11.5. The van der Waals surface area contributed by atoms with Crippen LogP contribution < -0.4 is 10.1 Å². The van der Waals surface area contributed by atoms with Crippen LogP contribution in [0, 0.1) is 13.8 Å². The lowest BCUT2D eigenvalue weighted by atomic mass is 10.1. The maximum Gasteiger partial charge on any atom is 0.219 e. The molecule has 1 aromatic heterocycles. The molecule has 0 bridgehead atoms. The van der Waals surface area contributed by atoms with Crippen molar-refractivity contribution >= 4 is 28.5 Å². The van der Waals surface area contributed by atoms with Gasteiger partial charge in [-0.05, 0) is 62.1 Å². The third kappa shape index (κ3) is 5.54. The second-order valence-corrected chi connectivity index (χ2v) is 7.93. The van der Waals surface area contributed by atoms with E-state index in [2.05, 4.69) is 16.0 Å². The van der Waals surface area contributed by atoms with Crippen LogP contribution in [0.4, 0.5) is 0 Å². The second kappa shape index (κ2) is 10.5. The zero-order valence-corrected chi connectivity index (χ0v) is 18.8. The van der Waals surface area contributed by atoms with Gasteiger partial charge in [0, 0.05) is 31.0 Å². The number of rotatable bonds is 10. The normalized spacial score (nSPS) is 11.1. The third-order valence-electron chi connectivity index (χ3n) is 5.18. The van der Waals surface area contributed by atoms with Gasteiger partial charge in [0.15, 0.2) is 0 Å². The van der Waals surface area contributed by atoms with Crippen LogP contribution in [-0.4, -0.2) is 28.6 Å². The number of hydrogen-bond acceptors (Lipinski definition) is 3. The molecule has 0 fully saturated rings. The topological polar surface area (TPSA) is 56.2 Å². The Morgan fingerprint density at radius 2 is 1.90 bits per heavy atom. The van der Waals surface area contributed by atoms with Crippen molar-refractivity contribution in [3.8, 4) is 5.75 Å². The minimum atomic E-state index is 0.0717. The number of fused-ring (bicyclic) bond motifs is 1. The first-order valence-corrected chi connectivity index (χ1v) is 11.0. The summed E-state index contributed by atoms with van der Waals surface area (Å²) in [4.78, 5) is 16.3. The fourth-order valence-electron chi connectivity index (χ4n) is 3.56. The molecule has 1 amide bonds. The van der Waals surface area contributed by atoms with E-state index in [1.807, 2.05) is 51.1 Å². The lowest BCUT2D eigenvalue weighted by Gasteiger charge is -2.12. The Balaban J connectivity index is 1.57. The zero-order valence-electron chi connectivity index (χ0n) is 18.0. The Bertz CT molecular complexity index is 990. The van der Waals surface area contributed by atoms with Crippen LogP contribution in [0.2, 0.25) is 5.02 Å². The number of nitrogens with one attached hydrogen (secondary N) is 1. The largest absolute Gasteiger partial charge is 0.494 e. The van der Waals surface area contributed by atoms with E-state index in [1.165, 1.54) is 0 Å². The molecule has 0 saturated carbocycles. The Morgan fingerprint density at radius 3 is 2.63 bits per heavy atom. The van der Waals surface area contributed by atoms with Gasteiger partial charge in [-0.1, -0.05) is 30.7 Å². The first kappa shape index (κ1) is 22.2. The molecule has 0 aliphatic heterocycles. The summed E-state index contributed by atoms with van der Waals surface area (Å²) in [6.07, 6.45) is 3.16. The van der Waals surface area contributed by atoms with Crippen LogP contribution in [-0.2, 0) is 17.8 Å². The minimum Gasteiger partial charge on any atom is -0.494 e. The molecule has 5 nitrogen and oxygen atoms in total. The van der Waals surface area contributed by atoms with E-state index in [1.54, 1.807) is 0 Å². The predicted molar refractivity (Wildman–Crippen MR) is 122 cm³/mol. The highest BCUT2D eigenvalue weighted by molar-refractivity contribution is 6.32. The van der Waals surface area contributed by atoms with Crippen LogP contribution in [0.5, 0.6) is 5.75 Å². The van der Waals surface area contributed by atoms with E-state index in [9.17, 15) is 4.79 Å². The summed E-state index contributed by atoms with van der Waals surface area (Å²) in [7, 11) is 0. The molecule has 0 saturated heterocycles. The van der Waals surface area contributed by atoms with Gasteiger partial charge < -0.3 is 14.6 Å². The number of nitrogens with zero attached hydrogens (tertiary/aromatic N) is 2. The van der Waals surface area contributed by atoms with Crippen LogP contribution in [0.1, 0.15) is 43.1 Å². The van der Waals surface area contributed by atoms with Crippen molar-refractivity contribution in [2.45, 2.75) is 53.0 Å². The highest BCUT2D eigenvalue weighted by Crippen LogP contribution is 2.26. The Labute approximate surface area is 183 Å². The molecule has 160 valence electrons. The van der Waals surface area contributed by atoms with Crippen LogP contribution in [0.3, 0.4) is 0 Å². The van der Waals surface area contributed by atoms with Crippen molar-refractivity contribution in [1.82, 2.24) is 14.9 Å². The lowest BCUT2D eigenvalue weighted by Crippen LogP contribution is -2.25. The van der Waals surface area contributed by atoms with Gasteiger partial charge in [-0.15, -0.1) is 0 Å². The van der Waals surface area contributed by atoms with E-state index >= 15 is 0 Å². The summed E-state index contributed by atoms with van der Waals surface area (Å²) in [5.41, 5.74) is 4.21. The average Bonchev–Trinajstić information content (AvgIpc) is 3.09. The van der Waals surface area contributed by atoms with Crippen molar-refractivity contribution in [1.29, 1.82) is 0 Å². The Hall–Kier alpha value is -2.53. The summed E-state index contributed by atoms with van der Waals surface area (Å²) in [6.45, 7) is 8.00. The van der Waals surface area contributed by atoms with Gasteiger partial charge >= 0.3 is 0 Å². The molecule has 0 radical (unpaired) electrons. The number of amides is 1. The van der Waals surface area contributed by atoms with Gasteiger partial charge in [0.25, 0.3) is 0 Å². The maximum absolute atomic E-state index is 11.5. The highest BCUT2D eigenvalue weighted by atomic mass is 35.5. The number of imidazole rings is 1. The lowest BCUT2D eigenvalue weighted by molar-refractivity contribution is -0.120. The minimum absolute atomic E-state index is 0.0717. The second-order valence-electron chi connectivity index (χ2n) is 7.55. The van der Waals surface area contributed by atoms with E-state index < -0.39 is 0 Å². The molecule has 0 atom stereocenters. The summed E-state index contributed by atoms with van der Waals surface area (Å²) in [5.74, 6) is 1.95. The van der Waals surface area contributed by atoms with Crippen LogP contribution in [0.15, 0.2) is 36.4 Å². The van der Waals surface area contributed by atoms with Crippen molar-refractivity contribution < 1.29 is 9.53 Å². The average molecular weight is 428 g/mol. The number of ether oxygens (including phenoxy) is 1. The summed E-state index contributed by atoms with van der Waals surface area (Å²) in [6, 6.07) is 12.2. The molecule has 3 rings (SSSR count). The van der Waals surface area contributed by atoms with Gasteiger partial charge in [-0.25, -0.2) is 4.98 Å². The zero-order chi connectivity index (χ0) is 21.5. The number of carbonyl (C=O) groups excluding carboxylic acids is 1. The molecule has 0 unspecified atom stereocenters. The monoisotopic (exact) mass is 427 g/mol. The quantitative estimate of drug-likeness (QED) is 0.450. The van der Waals surface area contributed by atoms with Crippen LogP contribution in [0.25, 0.3) is 11.0 Å². The number of hydrogen-bond donors (Lipinski definition) is 1. The van der Waals surface area contributed by atoms with Gasteiger partial charge in [-0.3, -0.25) is 4.79 Å². The van der Waals surface area contributed by atoms with Crippen LogP contribution >= 0.6 is 11.6 Å². The predicted octanol–water partition coefficient (Wildman–Crippen LogP) is 5.23. The number of halogens is 1. The van der Waals surface area contributed by atoms with Crippen molar-refractivity contribution in [2.24, 2.45) is 0 Å². The van der Waals surface area contributed by atoms with Crippen molar-refractivity contribution in [2.75, 3.05) is 13.2 Å². The van der Waals surface area contributed by atoms with E-state index in [0.717, 1.165) is 64.6 Å². The molecule has 0 aliphatic rings. The Morgan fingerprint density at radius 1 is 1.17 bits per heavy atom. The first-order valence-electron chi connectivity index (χ1n) is 10.6. The van der Waals surface area contributed by atoms with Gasteiger partial charge in [0.2, 0.25) is 5.91 Å². The molecule has 6 heteroatoms. The molecule has 30 heavy (non-hydrogen) atoms. The van der Waals surface area contributed by atoms with Gasteiger partial charge in [0.1, 0.15) is 11.6 Å². The van der Waals surface area contributed by atoms with Gasteiger partial charge in [-0.2, -0.15) is 0 Å². The standard InChI is InChI=1S/C24H30ClN3O2/c1-4-23(29)26-12-11-22-27-20-9-5-6-10-21(20)28(22)13-7-8-14-30-19-15-17(2)24(25)18(3)16-19/h5-6,9-10,15-16H,4,7-8,11-14H2,1-3H3,(H,26,29). The molecular formula is C24H30ClN3O2. The molecule has 3 aromatic rings. The number of carbonyl (C=O) groups is 1. The smallest absolute Gasteiger partial charge is 0.219 e. The molecule has 2 aromatic carbocycles.